The highest BCUT2D eigenvalue weighted by atomic mass is 79.9. The van der Waals surface area contributed by atoms with Crippen molar-refractivity contribution in [3.8, 4) is 5.75 Å². The highest BCUT2D eigenvalue weighted by molar-refractivity contribution is 9.10. The maximum absolute atomic E-state index is 11.3. The number of hydrogen-bond donors (Lipinski definition) is 0. The molecule has 2 aromatic carbocycles. The van der Waals surface area contributed by atoms with Crippen molar-refractivity contribution in [3.05, 3.63) is 57.5 Å². The van der Waals surface area contributed by atoms with Crippen LogP contribution in [0.4, 0.5) is 0 Å². The summed E-state index contributed by atoms with van der Waals surface area (Å²) < 4.78 is 29.2. The highest BCUT2D eigenvalue weighted by Crippen LogP contribution is 2.23. The van der Waals surface area contributed by atoms with Gasteiger partial charge in [-0.3, -0.25) is 0 Å². The van der Waals surface area contributed by atoms with E-state index >= 15 is 0 Å². The van der Waals surface area contributed by atoms with E-state index in [0.29, 0.717) is 17.4 Å². The van der Waals surface area contributed by atoms with Gasteiger partial charge in [0.25, 0.3) is 0 Å². The Labute approximate surface area is 131 Å². The minimum atomic E-state index is -3.18. The molecule has 0 aliphatic carbocycles. The molecular formula is C14H12BrClO3S. The van der Waals surface area contributed by atoms with Gasteiger partial charge in [-0.2, -0.15) is 0 Å². The van der Waals surface area contributed by atoms with Gasteiger partial charge in [0.1, 0.15) is 12.4 Å². The molecular weight excluding hydrogens is 364 g/mol. The number of sulfone groups is 1. The van der Waals surface area contributed by atoms with Crippen molar-refractivity contribution >= 4 is 37.4 Å². The Morgan fingerprint density at radius 2 is 1.80 bits per heavy atom. The molecule has 3 nitrogen and oxygen atoms in total. The van der Waals surface area contributed by atoms with Crippen molar-refractivity contribution in [1.82, 2.24) is 0 Å². The van der Waals surface area contributed by atoms with E-state index < -0.39 is 9.84 Å². The third-order valence-electron chi connectivity index (χ3n) is 2.66. The lowest BCUT2D eigenvalue weighted by Gasteiger charge is -2.08. The van der Waals surface area contributed by atoms with Crippen molar-refractivity contribution in [3.63, 3.8) is 0 Å². The molecule has 0 aliphatic rings. The predicted molar refractivity (Wildman–Crippen MR) is 83.0 cm³/mol. The quantitative estimate of drug-likeness (QED) is 0.808. The summed E-state index contributed by atoms with van der Waals surface area (Å²) in [6, 6.07) is 11.9. The van der Waals surface area contributed by atoms with E-state index in [0.717, 1.165) is 10.0 Å². The predicted octanol–water partition coefficient (Wildman–Crippen LogP) is 4.09. The van der Waals surface area contributed by atoms with Crippen LogP contribution in [0.3, 0.4) is 0 Å². The molecule has 0 saturated carbocycles. The molecule has 0 fully saturated rings. The first kappa shape index (κ1) is 15.4. The second-order valence-electron chi connectivity index (χ2n) is 4.27. The summed E-state index contributed by atoms with van der Waals surface area (Å²) in [5.74, 6) is 0.594. The average molecular weight is 376 g/mol. The minimum Gasteiger partial charge on any atom is -0.489 e. The van der Waals surface area contributed by atoms with Crippen LogP contribution >= 0.6 is 27.5 Å². The van der Waals surface area contributed by atoms with E-state index in [1.807, 2.05) is 12.1 Å². The largest absolute Gasteiger partial charge is 0.489 e. The number of halogens is 2. The van der Waals surface area contributed by atoms with Gasteiger partial charge in [-0.15, -0.1) is 0 Å². The Morgan fingerprint density at radius 1 is 1.15 bits per heavy atom. The van der Waals surface area contributed by atoms with Crippen LogP contribution in [-0.2, 0) is 16.4 Å². The number of ether oxygens (including phenoxy) is 1. The van der Waals surface area contributed by atoms with Gasteiger partial charge in [-0.05, 0) is 36.4 Å². The van der Waals surface area contributed by atoms with Gasteiger partial charge in [0.2, 0.25) is 0 Å². The molecule has 0 atom stereocenters. The summed E-state index contributed by atoms with van der Waals surface area (Å²) in [5.41, 5.74) is 0.863. The smallest absolute Gasteiger partial charge is 0.175 e. The Hall–Kier alpha value is -1.04. The van der Waals surface area contributed by atoms with Crippen LogP contribution in [0, 0.1) is 0 Å². The van der Waals surface area contributed by atoms with Crippen molar-refractivity contribution in [1.29, 1.82) is 0 Å². The summed E-state index contributed by atoms with van der Waals surface area (Å²) in [7, 11) is -3.18. The first-order valence-electron chi connectivity index (χ1n) is 5.73. The average Bonchev–Trinajstić information content (AvgIpc) is 2.37. The fourth-order valence-corrected chi connectivity index (χ4v) is 2.94. The van der Waals surface area contributed by atoms with Gasteiger partial charge >= 0.3 is 0 Å². The van der Waals surface area contributed by atoms with Gasteiger partial charge < -0.3 is 4.74 Å². The molecule has 2 aromatic rings. The summed E-state index contributed by atoms with van der Waals surface area (Å²) in [6.45, 7) is 0.324. The SMILES string of the molecule is CS(=O)(=O)c1ccc(OCc2ccc(Br)cc2Cl)cc1. The molecule has 0 aliphatic heterocycles. The van der Waals surface area contributed by atoms with Crippen LogP contribution in [-0.4, -0.2) is 14.7 Å². The Kier molecular flexibility index (Phi) is 4.73. The number of rotatable bonds is 4. The molecule has 0 amide bonds. The van der Waals surface area contributed by atoms with Gasteiger partial charge in [0.05, 0.1) is 4.90 Å². The summed E-state index contributed by atoms with van der Waals surface area (Å²) >= 11 is 9.43. The van der Waals surface area contributed by atoms with Crippen LogP contribution in [0.1, 0.15) is 5.56 Å². The third-order valence-corrected chi connectivity index (χ3v) is 4.63. The van der Waals surface area contributed by atoms with Gasteiger partial charge in [0, 0.05) is 21.3 Å². The van der Waals surface area contributed by atoms with Crippen LogP contribution in [0.2, 0.25) is 5.02 Å². The topological polar surface area (TPSA) is 43.4 Å². The van der Waals surface area contributed by atoms with Gasteiger partial charge in [-0.1, -0.05) is 33.6 Å². The first-order valence-corrected chi connectivity index (χ1v) is 8.79. The molecule has 0 unspecified atom stereocenters. The molecule has 0 N–H and O–H groups in total. The zero-order chi connectivity index (χ0) is 14.8. The number of benzene rings is 2. The van der Waals surface area contributed by atoms with E-state index in [2.05, 4.69) is 15.9 Å². The molecule has 0 aromatic heterocycles. The van der Waals surface area contributed by atoms with Crippen LogP contribution in [0.25, 0.3) is 0 Å². The second-order valence-corrected chi connectivity index (χ2v) is 7.61. The normalized spacial score (nSPS) is 11.3. The van der Waals surface area contributed by atoms with Crippen LogP contribution < -0.4 is 4.74 Å². The third kappa shape index (κ3) is 3.98. The van der Waals surface area contributed by atoms with Crippen LogP contribution in [0.15, 0.2) is 51.8 Å². The van der Waals surface area contributed by atoms with E-state index in [1.165, 1.54) is 18.4 Å². The van der Waals surface area contributed by atoms with Crippen molar-refractivity contribution in [2.24, 2.45) is 0 Å². The lowest BCUT2D eigenvalue weighted by molar-refractivity contribution is 0.306. The molecule has 6 heteroatoms. The fourth-order valence-electron chi connectivity index (χ4n) is 1.58. The maximum atomic E-state index is 11.3. The van der Waals surface area contributed by atoms with Crippen molar-refractivity contribution in [2.45, 2.75) is 11.5 Å². The minimum absolute atomic E-state index is 0.270. The molecule has 0 spiro atoms. The maximum Gasteiger partial charge on any atom is 0.175 e. The Morgan fingerprint density at radius 3 is 2.35 bits per heavy atom. The molecule has 106 valence electrons. The lowest BCUT2D eigenvalue weighted by atomic mass is 10.2. The standard InChI is InChI=1S/C14H12BrClO3S/c1-20(17,18)13-6-4-12(5-7-13)19-9-10-2-3-11(15)8-14(10)16/h2-8H,9H2,1H3. The van der Waals surface area contributed by atoms with E-state index in [9.17, 15) is 8.42 Å². The van der Waals surface area contributed by atoms with E-state index in [1.54, 1.807) is 18.2 Å². The molecule has 0 heterocycles. The molecule has 20 heavy (non-hydrogen) atoms. The fraction of sp³-hybridized carbons (Fsp3) is 0.143. The zero-order valence-electron chi connectivity index (χ0n) is 10.6. The first-order chi connectivity index (χ1) is 9.36. The highest BCUT2D eigenvalue weighted by Gasteiger charge is 2.07. The van der Waals surface area contributed by atoms with E-state index in [4.69, 9.17) is 16.3 Å². The van der Waals surface area contributed by atoms with Crippen molar-refractivity contribution < 1.29 is 13.2 Å². The molecule has 2 rings (SSSR count). The lowest BCUT2D eigenvalue weighted by Crippen LogP contribution is -1.99. The van der Waals surface area contributed by atoms with Gasteiger partial charge in [0.15, 0.2) is 9.84 Å². The summed E-state index contributed by atoms with van der Waals surface area (Å²) in [6.07, 6.45) is 1.17. The summed E-state index contributed by atoms with van der Waals surface area (Å²) in [4.78, 5) is 0.270. The Bertz CT molecular complexity index is 712. The van der Waals surface area contributed by atoms with Crippen molar-refractivity contribution in [2.75, 3.05) is 6.26 Å². The second kappa shape index (κ2) is 6.16. The molecule has 0 bridgehead atoms. The number of hydrogen-bond acceptors (Lipinski definition) is 3. The van der Waals surface area contributed by atoms with Gasteiger partial charge in [-0.25, -0.2) is 8.42 Å². The molecule has 0 radical (unpaired) electrons. The summed E-state index contributed by atoms with van der Waals surface area (Å²) in [5, 5.41) is 0.618. The van der Waals surface area contributed by atoms with Crippen LogP contribution in [0.5, 0.6) is 5.75 Å². The monoisotopic (exact) mass is 374 g/mol. The molecule has 0 saturated heterocycles. The zero-order valence-corrected chi connectivity index (χ0v) is 13.8. The van der Waals surface area contributed by atoms with E-state index in [-0.39, 0.29) is 4.90 Å². The Balaban J connectivity index is 2.08.